The van der Waals surface area contributed by atoms with E-state index in [1.807, 2.05) is 6.92 Å². The predicted molar refractivity (Wildman–Crippen MR) is 124 cm³/mol. The Morgan fingerprint density at radius 2 is 1.68 bits per heavy atom. The van der Waals surface area contributed by atoms with E-state index >= 15 is 0 Å². The fourth-order valence-electron chi connectivity index (χ4n) is 3.36. The summed E-state index contributed by atoms with van der Waals surface area (Å²) in [6.07, 6.45) is -0.0973. The van der Waals surface area contributed by atoms with Gasteiger partial charge in [-0.2, -0.15) is 0 Å². The van der Waals surface area contributed by atoms with Crippen molar-refractivity contribution in [3.8, 4) is 0 Å². The lowest BCUT2D eigenvalue weighted by molar-refractivity contribution is -0.139. The number of rotatable bonds is 7. The van der Waals surface area contributed by atoms with Gasteiger partial charge in [0.1, 0.15) is 5.60 Å². The summed E-state index contributed by atoms with van der Waals surface area (Å²) in [7, 11) is -2.03. The van der Waals surface area contributed by atoms with E-state index in [2.05, 4.69) is 39.2 Å². The highest BCUT2D eigenvalue weighted by Crippen LogP contribution is 2.39. The molecule has 1 N–H and O–H groups in total. The molecule has 1 saturated heterocycles. The number of carbonyl (C=O) groups excluding carboxylic acids is 3. The first kappa shape index (κ1) is 25.3. The minimum Gasteiger partial charge on any atom is -0.456 e. The van der Waals surface area contributed by atoms with Crippen molar-refractivity contribution < 1.29 is 23.5 Å². The zero-order chi connectivity index (χ0) is 23.8. The number of ether oxygens (including phenoxy) is 1. The number of Topliss-reactive ketones (excluding diaryl/α,β-unsaturated/α-hetero) is 1. The number of carbonyl (C=O) groups is 3. The van der Waals surface area contributed by atoms with Crippen molar-refractivity contribution in [1.29, 1.82) is 0 Å². The maximum Gasteiger partial charge on any atom is 0.338 e. The van der Waals surface area contributed by atoms with Crippen molar-refractivity contribution in [2.24, 2.45) is 5.92 Å². The lowest BCUT2D eigenvalue weighted by Gasteiger charge is -2.45. The topological polar surface area (TPSA) is 81.7 Å². The van der Waals surface area contributed by atoms with Gasteiger partial charge in [-0.3, -0.25) is 9.59 Å². The van der Waals surface area contributed by atoms with Crippen LogP contribution >= 0.6 is 0 Å². The molecule has 0 unspecified atom stereocenters. The molecule has 2 rings (SSSR count). The molecule has 3 atom stereocenters. The Bertz CT molecular complexity index is 850. The van der Waals surface area contributed by atoms with Crippen molar-refractivity contribution >= 4 is 26.0 Å². The van der Waals surface area contributed by atoms with Gasteiger partial charge in [0.05, 0.1) is 23.6 Å². The van der Waals surface area contributed by atoms with Crippen LogP contribution in [0.4, 0.5) is 0 Å². The summed E-state index contributed by atoms with van der Waals surface area (Å²) in [5, 5.41) is 2.89. The highest BCUT2D eigenvalue weighted by Gasteiger charge is 2.47. The molecule has 1 aromatic carbocycles. The Balaban J connectivity index is 2.08. The highest BCUT2D eigenvalue weighted by molar-refractivity contribution is 6.74. The van der Waals surface area contributed by atoms with Gasteiger partial charge in [-0.15, -0.1) is 0 Å². The van der Waals surface area contributed by atoms with E-state index in [1.54, 1.807) is 45.0 Å². The third kappa shape index (κ3) is 6.26. The summed E-state index contributed by atoms with van der Waals surface area (Å²) in [6.45, 7) is 18.1. The van der Waals surface area contributed by atoms with Crippen molar-refractivity contribution in [2.75, 3.05) is 0 Å². The standard InChI is InChI=1S/C24H37NO5Si/c1-15(30-31(8,9)24(5,6)7)20-18(25-21(20)27)14-19(26)16-11-10-12-17(13-16)22(28)29-23(2,3)4/h10-13,15,18,20H,14H2,1-9H3,(H,25,27)/t15-,18+,20+/m0/s1. The Hall–Kier alpha value is -1.99. The van der Waals surface area contributed by atoms with Gasteiger partial charge >= 0.3 is 5.97 Å². The monoisotopic (exact) mass is 447 g/mol. The molecule has 172 valence electrons. The lowest BCUT2D eigenvalue weighted by Crippen LogP contribution is -2.64. The van der Waals surface area contributed by atoms with Crippen molar-refractivity contribution in [3.63, 3.8) is 0 Å². The molecule has 1 aromatic rings. The third-order valence-electron chi connectivity index (χ3n) is 6.08. The molecule has 0 saturated carbocycles. The van der Waals surface area contributed by atoms with Gasteiger partial charge in [0.2, 0.25) is 5.91 Å². The summed E-state index contributed by atoms with van der Waals surface area (Å²) in [4.78, 5) is 37.5. The highest BCUT2D eigenvalue weighted by atomic mass is 28.4. The minimum absolute atomic E-state index is 0.0366. The number of hydrogen-bond donors (Lipinski definition) is 1. The molecule has 0 spiro atoms. The van der Waals surface area contributed by atoms with E-state index in [1.165, 1.54) is 0 Å². The average Bonchev–Trinajstić information content (AvgIpc) is 2.58. The van der Waals surface area contributed by atoms with Crippen molar-refractivity contribution in [2.45, 2.75) is 90.8 Å². The largest absolute Gasteiger partial charge is 0.456 e. The van der Waals surface area contributed by atoms with Gasteiger partial charge in [-0.1, -0.05) is 32.9 Å². The first-order valence-electron chi connectivity index (χ1n) is 10.9. The molecule has 0 aromatic heterocycles. The van der Waals surface area contributed by atoms with E-state index in [9.17, 15) is 14.4 Å². The van der Waals surface area contributed by atoms with E-state index < -0.39 is 19.9 Å². The number of esters is 1. The summed E-state index contributed by atoms with van der Waals surface area (Å²) < 4.78 is 11.8. The Morgan fingerprint density at radius 1 is 1.10 bits per heavy atom. The number of nitrogens with one attached hydrogen (secondary N) is 1. The van der Waals surface area contributed by atoms with Gasteiger partial charge in [0, 0.05) is 12.0 Å². The van der Waals surface area contributed by atoms with Gasteiger partial charge in [-0.25, -0.2) is 4.79 Å². The molecule has 0 bridgehead atoms. The van der Waals surface area contributed by atoms with E-state index in [0.29, 0.717) is 11.1 Å². The molecule has 6 nitrogen and oxygen atoms in total. The SMILES string of the molecule is C[C@H](O[Si](C)(C)C(C)(C)C)[C@H]1C(=O)N[C@@H]1CC(=O)c1cccc(C(=O)OC(C)(C)C)c1. The smallest absolute Gasteiger partial charge is 0.338 e. The zero-order valence-corrected chi connectivity index (χ0v) is 21.3. The van der Waals surface area contributed by atoms with Crippen LogP contribution in [0.2, 0.25) is 18.1 Å². The summed E-state index contributed by atoms with van der Waals surface area (Å²) in [5.74, 6) is -1.02. The van der Waals surface area contributed by atoms with Crippen LogP contribution in [0.5, 0.6) is 0 Å². The Labute approximate surface area is 187 Å². The summed E-state index contributed by atoms with van der Waals surface area (Å²) in [5.41, 5.74) is 0.159. The second-order valence-corrected chi connectivity index (χ2v) is 15.7. The maximum atomic E-state index is 12.9. The van der Waals surface area contributed by atoms with Crippen LogP contribution in [0.15, 0.2) is 24.3 Å². The quantitative estimate of drug-likeness (QED) is 0.283. The Kier molecular flexibility index (Phi) is 7.22. The van der Waals surface area contributed by atoms with Gasteiger partial charge in [-0.05, 0) is 58.0 Å². The number of amides is 1. The van der Waals surface area contributed by atoms with Crippen LogP contribution in [-0.2, 0) is 14.0 Å². The zero-order valence-electron chi connectivity index (χ0n) is 20.3. The van der Waals surface area contributed by atoms with Crippen LogP contribution in [-0.4, -0.2) is 43.7 Å². The minimum atomic E-state index is -2.03. The first-order chi connectivity index (χ1) is 14.0. The molecular formula is C24H37NO5Si. The molecule has 1 aliphatic rings. The van der Waals surface area contributed by atoms with E-state index in [-0.39, 0.29) is 41.2 Å². The second-order valence-electron chi connectivity index (χ2n) is 10.9. The molecule has 0 radical (unpaired) electrons. The Morgan fingerprint density at radius 3 is 2.19 bits per heavy atom. The van der Waals surface area contributed by atoms with E-state index in [0.717, 1.165) is 0 Å². The number of benzene rings is 1. The van der Waals surface area contributed by atoms with E-state index in [4.69, 9.17) is 9.16 Å². The normalized spacial score (nSPS) is 20.5. The molecule has 7 heteroatoms. The molecule has 1 aliphatic heterocycles. The molecule has 1 heterocycles. The second kappa shape index (κ2) is 8.86. The first-order valence-corrected chi connectivity index (χ1v) is 13.8. The number of ketones is 1. The van der Waals surface area contributed by atoms with Crippen LogP contribution in [0.25, 0.3) is 0 Å². The summed E-state index contributed by atoms with van der Waals surface area (Å²) >= 11 is 0. The number of β-lactam (4-membered cyclic amide) rings is 1. The third-order valence-corrected chi connectivity index (χ3v) is 10.7. The van der Waals surface area contributed by atoms with Gasteiger partial charge in [0.15, 0.2) is 14.1 Å². The lowest BCUT2D eigenvalue weighted by atomic mass is 9.82. The molecule has 31 heavy (non-hydrogen) atoms. The molecule has 1 fully saturated rings. The summed E-state index contributed by atoms with van der Waals surface area (Å²) in [6, 6.07) is 6.27. The maximum absolute atomic E-state index is 12.9. The van der Waals surface area contributed by atoms with Gasteiger partial charge in [0.25, 0.3) is 0 Å². The number of hydrogen-bond acceptors (Lipinski definition) is 5. The molecule has 0 aliphatic carbocycles. The molecule has 1 amide bonds. The fourth-order valence-corrected chi connectivity index (χ4v) is 4.79. The van der Waals surface area contributed by atoms with Crippen LogP contribution in [0, 0.1) is 5.92 Å². The predicted octanol–water partition coefficient (Wildman–Crippen LogP) is 4.74. The van der Waals surface area contributed by atoms with Crippen LogP contribution < -0.4 is 5.32 Å². The van der Waals surface area contributed by atoms with Crippen molar-refractivity contribution in [1.82, 2.24) is 5.32 Å². The van der Waals surface area contributed by atoms with Crippen molar-refractivity contribution in [3.05, 3.63) is 35.4 Å². The average molecular weight is 448 g/mol. The molecular weight excluding hydrogens is 410 g/mol. The van der Waals surface area contributed by atoms with Gasteiger partial charge < -0.3 is 14.5 Å². The van der Waals surface area contributed by atoms with Crippen LogP contribution in [0.3, 0.4) is 0 Å². The fraction of sp³-hybridized carbons (Fsp3) is 0.625. The van der Waals surface area contributed by atoms with Crippen LogP contribution in [0.1, 0.15) is 75.6 Å².